The largest absolute Gasteiger partial charge is 0.412 e. The van der Waals surface area contributed by atoms with Crippen LogP contribution in [0.3, 0.4) is 0 Å². The summed E-state index contributed by atoms with van der Waals surface area (Å²) in [5.41, 5.74) is 3.38. The Bertz CT molecular complexity index is 1130. The third-order valence-corrected chi connectivity index (χ3v) is 6.69. The lowest BCUT2D eigenvalue weighted by Gasteiger charge is -2.31. The van der Waals surface area contributed by atoms with Crippen LogP contribution in [0, 0.1) is 12.7 Å². The molecule has 5 rings (SSSR count). The van der Waals surface area contributed by atoms with Crippen LogP contribution in [0.25, 0.3) is 11.0 Å². The molecular formula is C23H29FN4O3. The second kappa shape index (κ2) is 8.88. The Hall–Kier alpha value is -2.58. The van der Waals surface area contributed by atoms with Crippen LogP contribution < -0.4 is 5.56 Å². The fraction of sp³-hybridized carbons (Fsp3) is 0.522. The van der Waals surface area contributed by atoms with Gasteiger partial charge in [-0.05, 0) is 64.3 Å². The average Bonchev–Trinajstić information content (AvgIpc) is 3.17. The van der Waals surface area contributed by atoms with Crippen molar-refractivity contribution in [2.75, 3.05) is 19.6 Å². The molecule has 0 radical (unpaired) electrons. The van der Waals surface area contributed by atoms with Crippen LogP contribution in [-0.2, 0) is 19.4 Å². The van der Waals surface area contributed by atoms with Gasteiger partial charge in [0.2, 0.25) is 0 Å². The van der Waals surface area contributed by atoms with Crippen LogP contribution in [0.15, 0.2) is 27.5 Å². The van der Waals surface area contributed by atoms with Gasteiger partial charge < -0.3 is 14.9 Å². The maximum Gasteiger partial charge on any atom is 0.256 e. The van der Waals surface area contributed by atoms with Crippen LogP contribution in [0.5, 0.6) is 0 Å². The summed E-state index contributed by atoms with van der Waals surface area (Å²) in [7, 11) is 0. The van der Waals surface area contributed by atoms with Crippen LogP contribution >= 0.6 is 0 Å². The van der Waals surface area contributed by atoms with E-state index >= 15 is 0 Å². The highest BCUT2D eigenvalue weighted by molar-refractivity contribution is 5.79. The molecule has 0 bridgehead atoms. The normalized spacial score (nSPS) is 17.5. The Morgan fingerprint density at radius 1 is 1.19 bits per heavy atom. The number of halogens is 1. The molecule has 1 fully saturated rings. The van der Waals surface area contributed by atoms with Gasteiger partial charge >= 0.3 is 0 Å². The van der Waals surface area contributed by atoms with Gasteiger partial charge in [0.05, 0.1) is 5.69 Å². The van der Waals surface area contributed by atoms with Crippen molar-refractivity contribution < 1.29 is 14.4 Å². The van der Waals surface area contributed by atoms with E-state index in [0.29, 0.717) is 11.5 Å². The van der Waals surface area contributed by atoms with E-state index < -0.39 is 0 Å². The van der Waals surface area contributed by atoms with E-state index in [1.54, 1.807) is 6.07 Å². The Labute approximate surface area is 180 Å². The van der Waals surface area contributed by atoms with Crippen molar-refractivity contribution in [2.45, 2.75) is 57.9 Å². The van der Waals surface area contributed by atoms with Crippen molar-refractivity contribution in [3.05, 3.63) is 57.1 Å². The molecule has 2 aromatic heterocycles. The first-order valence-corrected chi connectivity index (χ1v) is 11.0. The first-order chi connectivity index (χ1) is 14.6. The van der Waals surface area contributed by atoms with E-state index in [1.807, 2.05) is 11.5 Å². The minimum Gasteiger partial charge on any atom is -0.412 e. The smallest absolute Gasteiger partial charge is 0.256 e. The zero-order chi connectivity index (χ0) is 20.7. The van der Waals surface area contributed by atoms with Gasteiger partial charge in [-0.2, -0.15) is 0 Å². The first kappa shape index (κ1) is 21.6. The van der Waals surface area contributed by atoms with Gasteiger partial charge in [-0.15, -0.1) is 0 Å². The summed E-state index contributed by atoms with van der Waals surface area (Å²) in [6.45, 7) is 5.55. The van der Waals surface area contributed by atoms with Gasteiger partial charge in [-0.25, -0.2) is 9.37 Å². The molecule has 3 aromatic rings. The number of nitrogens with zero attached hydrogens (tertiary/aromatic N) is 4. The van der Waals surface area contributed by atoms with E-state index in [1.165, 1.54) is 12.1 Å². The number of piperidine rings is 1. The highest BCUT2D eigenvalue weighted by Gasteiger charge is 2.25. The summed E-state index contributed by atoms with van der Waals surface area (Å²) in [4.78, 5) is 20.1. The Kier molecular flexibility index (Phi) is 6.20. The molecule has 31 heavy (non-hydrogen) atoms. The molecule has 0 unspecified atom stereocenters. The molecular weight excluding hydrogens is 399 g/mol. The summed E-state index contributed by atoms with van der Waals surface area (Å²) in [5, 5.41) is 5.15. The van der Waals surface area contributed by atoms with E-state index in [2.05, 4.69) is 10.1 Å². The molecule has 0 atom stereocenters. The van der Waals surface area contributed by atoms with E-state index in [9.17, 15) is 9.18 Å². The van der Waals surface area contributed by atoms with Gasteiger partial charge in [-0.3, -0.25) is 9.36 Å². The highest BCUT2D eigenvalue weighted by Crippen LogP contribution is 2.32. The molecule has 4 heterocycles. The van der Waals surface area contributed by atoms with Gasteiger partial charge in [0.25, 0.3) is 5.56 Å². The van der Waals surface area contributed by atoms with Gasteiger partial charge in [0.15, 0.2) is 5.58 Å². The number of rotatable bonds is 4. The first-order valence-electron chi connectivity index (χ1n) is 11.0. The molecule has 1 saturated heterocycles. The minimum absolute atomic E-state index is 0. The van der Waals surface area contributed by atoms with Crippen LogP contribution in [-0.4, -0.2) is 44.7 Å². The molecule has 0 aliphatic carbocycles. The number of aromatic nitrogens is 3. The molecule has 0 amide bonds. The van der Waals surface area contributed by atoms with Crippen LogP contribution in [0.2, 0.25) is 0 Å². The van der Waals surface area contributed by atoms with Crippen molar-refractivity contribution in [3.63, 3.8) is 0 Å². The van der Waals surface area contributed by atoms with Crippen LogP contribution in [0.1, 0.15) is 54.4 Å². The molecule has 1 aromatic carbocycles. The molecule has 7 nitrogen and oxygen atoms in total. The van der Waals surface area contributed by atoms with E-state index in [-0.39, 0.29) is 16.9 Å². The van der Waals surface area contributed by atoms with Crippen molar-refractivity contribution in [2.24, 2.45) is 0 Å². The van der Waals surface area contributed by atoms with Crippen LogP contribution in [0.4, 0.5) is 4.39 Å². The number of hydrogen-bond donors (Lipinski definition) is 0. The molecule has 0 spiro atoms. The predicted octanol–water partition coefficient (Wildman–Crippen LogP) is 2.77. The number of hydrogen-bond acceptors (Lipinski definition) is 5. The fourth-order valence-corrected chi connectivity index (χ4v) is 4.94. The lowest BCUT2D eigenvalue weighted by atomic mass is 9.91. The van der Waals surface area contributed by atoms with Gasteiger partial charge in [0, 0.05) is 48.1 Å². The summed E-state index contributed by atoms with van der Waals surface area (Å²) < 4.78 is 20.6. The summed E-state index contributed by atoms with van der Waals surface area (Å²) in [6, 6.07) is 4.63. The minimum atomic E-state index is -0.303. The lowest BCUT2D eigenvalue weighted by molar-refractivity contribution is 0.211. The number of benzene rings is 1. The van der Waals surface area contributed by atoms with Crippen molar-refractivity contribution in [3.8, 4) is 0 Å². The molecule has 2 N–H and O–H groups in total. The van der Waals surface area contributed by atoms with Crippen molar-refractivity contribution >= 4 is 11.0 Å². The monoisotopic (exact) mass is 428 g/mol. The fourth-order valence-electron chi connectivity index (χ4n) is 4.94. The van der Waals surface area contributed by atoms with Crippen molar-refractivity contribution in [1.82, 2.24) is 19.6 Å². The standard InChI is InChI=1S/C23H27FN4O2.H2O/c1-15-18(23(29)28-10-3-2-4-21(28)25-15)9-13-27-11-7-16(8-12-27)22-19-6-5-17(24)14-20(19)30-26-22;/h5-6,14,16H,2-4,7-13H2,1H3;1H2. The molecule has 8 heteroatoms. The van der Waals surface area contributed by atoms with Gasteiger partial charge in [-0.1, -0.05) is 5.16 Å². The Morgan fingerprint density at radius 3 is 2.81 bits per heavy atom. The Morgan fingerprint density at radius 2 is 2.00 bits per heavy atom. The van der Waals surface area contributed by atoms with E-state index in [0.717, 1.165) is 92.9 Å². The predicted molar refractivity (Wildman–Crippen MR) is 116 cm³/mol. The third kappa shape index (κ3) is 4.14. The topological polar surface area (TPSA) is 95.7 Å². The van der Waals surface area contributed by atoms with E-state index in [4.69, 9.17) is 9.51 Å². The van der Waals surface area contributed by atoms with Crippen molar-refractivity contribution in [1.29, 1.82) is 0 Å². The number of likely N-dealkylation sites (tertiary alicyclic amines) is 1. The Balaban J connectivity index is 0.00000231. The molecule has 166 valence electrons. The quantitative estimate of drug-likeness (QED) is 0.637. The zero-order valence-electron chi connectivity index (χ0n) is 17.9. The summed E-state index contributed by atoms with van der Waals surface area (Å²) in [6.07, 6.45) is 5.81. The zero-order valence-corrected chi connectivity index (χ0v) is 17.9. The average molecular weight is 429 g/mol. The number of fused-ring (bicyclic) bond motifs is 2. The molecule has 2 aliphatic heterocycles. The SMILES string of the molecule is Cc1nc2n(c(=O)c1CCN1CCC(c3noc4cc(F)ccc34)CC1)CCCC2.O. The maximum atomic E-state index is 13.4. The molecule has 2 aliphatic rings. The second-order valence-electron chi connectivity index (χ2n) is 8.58. The highest BCUT2D eigenvalue weighted by atomic mass is 19.1. The van der Waals surface area contributed by atoms with Gasteiger partial charge in [0.1, 0.15) is 11.6 Å². The summed E-state index contributed by atoms with van der Waals surface area (Å²) in [5.74, 6) is 0.974. The number of aryl methyl sites for hydroxylation is 2. The second-order valence-corrected chi connectivity index (χ2v) is 8.58. The molecule has 0 saturated carbocycles. The summed E-state index contributed by atoms with van der Waals surface area (Å²) >= 11 is 0. The third-order valence-electron chi connectivity index (χ3n) is 6.69. The maximum absolute atomic E-state index is 13.4. The lowest BCUT2D eigenvalue weighted by Crippen LogP contribution is -2.37.